The highest BCUT2D eigenvalue weighted by atomic mass is 16.2. The summed E-state index contributed by atoms with van der Waals surface area (Å²) < 4.78 is 1.71. The van der Waals surface area contributed by atoms with Gasteiger partial charge < -0.3 is 9.80 Å². The molecule has 1 amide bonds. The van der Waals surface area contributed by atoms with Crippen molar-refractivity contribution < 1.29 is 4.79 Å². The van der Waals surface area contributed by atoms with Crippen molar-refractivity contribution >= 4 is 11.7 Å². The first-order chi connectivity index (χ1) is 14.8. The van der Waals surface area contributed by atoms with Crippen LogP contribution in [0.15, 0.2) is 61.2 Å². The minimum Gasteiger partial charge on any atom is -0.355 e. The lowest BCUT2D eigenvalue weighted by molar-refractivity contribution is -0.138. The van der Waals surface area contributed by atoms with Crippen molar-refractivity contribution in [2.75, 3.05) is 44.2 Å². The monoisotopic (exact) mass is 403 g/mol. The topological polar surface area (TPSA) is 70.4 Å². The predicted octanol–water partition coefficient (Wildman–Crippen LogP) is 1.44. The summed E-state index contributed by atoms with van der Waals surface area (Å²) in [5, 5.41) is 4.21. The highest BCUT2D eigenvalue weighted by molar-refractivity contribution is 5.82. The summed E-state index contributed by atoms with van der Waals surface area (Å²) in [4.78, 5) is 28.1. The number of rotatable bonds is 5. The maximum Gasteiger partial charge on any atom is 0.229 e. The summed E-state index contributed by atoms with van der Waals surface area (Å²) in [6.45, 7) is 5.83. The molecule has 3 aromatic rings. The second-order valence-electron chi connectivity index (χ2n) is 7.87. The lowest BCUT2D eigenvalue weighted by atomic mass is 9.98. The first-order valence-corrected chi connectivity index (χ1v) is 10.4. The summed E-state index contributed by atoms with van der Waals surface area (Å²) in [5.74, 6) is 1.89. The van der Waals surface area contributed by atoms with Gasteiger partial charge in [-0.05, 0) is 11.6 Å². The van der Waals surface area contributed by atoms with Gasteiger partial charge in [-0.25, -0.2) is 14.6 Å². The van der Waals surface area contributed by atoms with E-state index >= 15 is 0 Å². The van der Waals surface area contributed by atoms with E-state index in [0.29, 0.717) is 13.1 Å². The fourth-order valence-electron chi connectivity index (χ4n) is 4.09. The Balaban J connectivity index is 1.12. The number of hydrogen-bond acceptors (Lipinski definition) is 6. The van der Waals surface area contributed by atoms with Crippen LogP contribution in [0, 0.1) is 5.92 Å². The van der Waals surface area contributed by atoms with E-state index in [-0.39, 0.29) is 11.8 Å². The van der Waals surface area contributed by atoms with E-state index in [4.69, 9.17) is 0 Å². The minimum atomic E-state index is 0.0498. The highest BCUT2D eigenvalue weighted by Crippen LogP contribution is 2.25. The zero-order valence-corrected chi connectivity index (χ0v) is 16.8. The van der Waals surface area contributed by atoms with Crippen molar-refractivity contribution in [3.8, 4) is 5.82 Å². The van der Waals surface area contributed by atoms with Crippen molar-refractivity contribution in [1.82, 2.24) is 29.5 Å². The Labute approximate surface area is 175 Å². The van der Waals surface area contributed by atoms with Crippen LogP contribution in [-0.2, 0) is 11.3 Å². The van der Waals surface area contributed by atoms with Gasteiger partial charge in [-0.1, -0.05) is 30.3 Å². The Kier molecular flexibility index (Phi) is 5.15. The average molecular weight is 403 g/mol. The summed E-state index contributed by atoms with van der Waals surface area (Å²) in [7, 11) is 0. The molecule has 5 rings (SSSR count). The van der Waals surface area contributed by atoms with E-state index in [2.05, 4.69) is 49.1 Å². The van der Waals surface area contributed by atoms with Crippen molar-refractivity contribution in [3.05, 3.63) is 66.7 Å². The molecule has 2 fully saturated rings. The number of hydrogen-bond donors (Lipinski definition) is 0. The molecule has 0 N–H and O–H groups in total. The van der Waals surface area contributed by atoms with Gasteiger partial charge in [0.1, 0.15) is 12.1 Å². The van der Waals surface area contributed by atoms with Crippen LogP contribution in [-0.4, -0.2) is 74.7 Å². The quantitative estimate of drug-likeness (QED) is 0.642. The molecular weight excluding hydrogens is 378 g/mol. The predicted molar refractivity (Wildman–Crippen MR) is 113 cm³/mol. The molecule has 8 nitrogen and oxygen atoms in total. The largest absolute Gasteiger partial charge is 0.355 e. The number of carbonyl (C=O) groups excluding carboxylic acids is 1. The van der Waals surface area contributed by atoms with Gasteiger partial charge >= 0.3 is 0 Å². The van der Waals surface area contributed by atoms with Gasteiger partial charge in [-0.15, -0.1) is 0 Å². The smallest absolute Gasteiger partial charge is 0.229 e. The molecule has 2 saturated heterocycles. The maximum atomic E-state index is 12.9. The van der Waals surface area contributed by atoms with Crippen LogP contribution in [0.5, 0.6) is 0 Å². The summed E-state index contributed by atoms with van der Waals surface area (Å²) >= 11 is 0. The van der Waals surface area contributed by atoms with Crippen LogP contribution in [0.25, 0.3) is 5.82 Å². The molecule has 0 atom stereocenters. The maximum absolute atomic E-state index is 12.9. The zero-order valence-electron chi connectivity index (χ0n) is 16.8. The normalized spacial score (nSPS) is 17.7. The first kappa shape index (κ1) is 18.7. The van der Waals surface area contributed by atoms with E-state index in [1.807, 2.05) is 29.3 Å². The number of anilines is 1. The number of aromatic nitrogens is 4. The van der Waals surface area contributed by atoms with Crippen molar-refractivity contribution in [3.63, 3.8) is 0 Å². The van der Waals surface area contributed by atoms with Gasteiger partial charge in [-0.3, -0.25) is 9.69 Å². The molecule has 0 spiro atoms. The Bertz CT molecular complexity index is 978. The van der Waals surface area contributed by atoms with Crippen molar-refractivity contribution in [1.29, 1.82) is 0 Å². The summed E-state index contributed by atoms with van der Waals surface area (Å²) in [6.07, 6.45) is 5.12. The molecule has 4 heterocycles. The van der Waals surface area contributed by atoms with Crippen LogP contribution in [0.4, 0.5) is 5.82 Å². The van der Waals surface area contributed by atoms with Crippen molar-refractivity contribution in [2.24, 2.45) is 5.92 Å². The summed E-state index contributed by atoms with van der Waals surface area (Å²) in [6, 6.07) is 14.3. The molecule has 0 saturated carbocycles. The fraction of sp³-hybridized carbons (Fsp3) is 0.364. The second kappa shape index (κ2) is 8.23. The molecule has 8 heteroatoms. The number of piperazine rings is 1. The number of amides is 1. The van der Waals surface area contributed by atoms with Gasteiger partial charge in [-0.2, -0.15) is 5.10 Å². The van der Waals surface area contributed by atoms with Gasteiger partial charge in [0.25, 0.3) is 0 Å². The Morgan fingerprint density at radius 2 is 1.73 bits per heavy atom. The van der Waals surface area contributed by atoms with Gasteiger partial charge in [0, 0.05) is 64.3 Å². The zero-order chi connectivity index (χ0) is 20.3. The molecule has 1 aromatic carbocycles. The fourth-order valence-corrected chi connectivity index (χ4v) is 4.09. The Morgan fingerprint density at radius 3 is 2.47 bits per heavy atom. The molecular formula is C22H25N7O. The third-order valence-corrected chi connectivity index (χ3v) is 5.87. The van der Waals surface area contributed by atoms with Gasteiger partial charge in [0.15, 0.2) is 5.82 Å². The SMILES string of the molecule is O=C(C1CN(c2cc(-n3cccn3)ncn2)C1)N1CCN(Cc2ccccc2)CC1. The summed E-state index contributed by atoms with van der Waals surface area (Å²) in [5.41, 5.74) is 1.33. The van der Waals surface area contributed by atoms with Crippen LogP contribution in [0.2, 0.25) is 0 Å². The standard InChI is InChI=1S/C22H25N7O/c30-22(27-11-9-26(10-12-27)14-18-5-2-1-3-6-18)19-15-28(16-19)20-13-21(24-17-23-20)29-8-4-7-25-29/h1-8,13,17,19H,9-12,14-16H2. The molecule has 0 radical (unpaired) electrons. The molecule has 0 bridgehead atoms. The Morgan fingerprint density at radius 1 is 0.967 bits per heavy atom. The molecule has 0 unspecified atom stereocenters. The average Bonchev–Trinajstić information content (AvgIpc) is 3.29. The molecule has 0 aliphatic carbocycles. The number of carbonyl (C=O) groups is 1. The molecule has 154 valence electrons. The number of benzene rings is 1. The lowest BCUT2D eigenvalue weighted by Crippen LogP contribution is -2.58. The van der Waals surface area contributed by atoms with E-state index < -0.39 is 0 Å². The Hall–Kier alpha value is -3.26. The first-order valence-electron chi connectivity index (χ1n) is 10.4. The minimum absolute atomic E-state index is 0.0498. The van der Waals surface area contributed by atoms with E-state index in [9.17, 15) is 4.79 Å². The van der Waals surface area contributed by atoms with Crippen molar-refractivity contribution in [2.45, 2.75) is 6.54 Å². The highest BCUT2D eigenvalue weighted by Gasteiger charge is 2.37. The lowest BCUT2D eigenvalue weighted by Gasteiger charge is -2.43. The van der Waals surface area contributed by atoms with Crippen LogP contribution < -0.4 is 4.90 Å². The molecule has 2 aliphatic heterocycles. The van der Waals surface area contributed by atoms with Gasteiger partial charge in [0.2, 0.25) is 5.91 Å². The number of nitrogens with zero attached hydrogens (tertiary/aromatic N) is 7. The molecule has 2 aromatic heterocycles. The third kappa shape index (κ3) is 3.91. The van der Waals surface area contributed by atoms with Crippen LogP contribution in [0.3, 0.4) is 0 Å². The van der Waals surface area contributed by atoms with E-state index in [1.165, 1.54) is 5.56 Å². The van der Waals surface area contributed by atoms with Gasteiger partial charge in [0.05, 0.1) is 5.92 Å². The second-order valence-corrected chi connectivity index (χ2v) is 7.87. The van der Waals surface area contributed by atoms with Crippen LogP contribution >= 0.6 is 0 Å². The van der Waals surface area contributed by atoms with E-state index in [1.54, 1.807) is 17.2 Å². The third-order valence-electron chi connectivity index (χ3n) is 5.87. The molecule has 2 aliphatic rings. The van der Waals surface area contributed by atoms with Crippen LogP contribution in [0.1, 0.15) is 5.56 Å². The van der Waals surface area contributed by atoms with E-state index in [0.717, 1.165) is 44.4 Å². The molecule has 30 heavy (non-hydrogen) atoms.